The van der Waals surface area contributed by atoms with E-state index in [-0.39, 0.29) is 26.4 Å². The number of hydrogen-bond acceptors (Lipinski definition) is 8. The summed E-state index contributed by atoms with van der Waals surface area (Å²) < 4.78 is 28.6. The first-order valence-corrected chi connectivity index (χ1v) is 19.0. The second kappa shape index (κ2) is 15.2. The van der Waals surface area contributed by atoms with Crippen molar-refractivity contribution in [2.45, 2.75) is 5.41 Å². The fourth-order valence-electron chi connectivity index (χ4n) is 7.99. The number of rotatable bonds is 13. The van der Waals surface area contributed by atoms with Crippen LogP contribution in [0.1, 0.15) is 22.3 Å². The smallest absolute Gasteiger partial charge is 0.330 e. The number of nitrogens with zero attached hydrogens (tertiary/aromatic N) is 1. The normalized spacial score (nSPS) is 14.1. The number of carbonyl (C=O) groups excluding carboxylic acids is 2. The molecule has 0 fully saturated rings. The Hall–Kier alpha value is -7.45. The fraction of sp³-hybridized carbons (Fsp3) is 0.100. The monoisotopic (exact) mass is 763 g/mol. The van der Waals surface area contributed by atoms with Gasteiger partial charge in [0.05, 0.1) is 5.41 Å². The maximum Gasteiger partial charge on any atom is 0.330 e. The molecular formula is C50H37NO7. The highest BCUT2D eigenvalue weighted by atomic mass is 16.6. The number of hydrogen-bond donors (Lipinski definition) is 0. The number of oxazole rings is 1. The third-order valence-electron chi connectivity index (χ3n) is 10.6. The fourth-order valence-corrected chi connectivity index (χ4v) is 7.99. The molecule has 8 heteroatoms. The van der Waals surface area contributed by atoms with Crippen LogP contribution in [-0.4, -0.2) is 43.4 Å². The molecule has 58 heavy (non-hydrogen) atoms. The van der Waals surface area contributed by atoms with E-state index in [2.05, 4.69) is 110 Å². The maximum atomic E-state index is 11.7. The molecule has 0 amide bonds. The largest absolute Gasteiger partial charge is 0.490 e. The van der Waals surface area contributed by atoms with E-state index in [1.807, 2.05) is 42.5 Å². The molecule has 0 saturated carbocycles. The average Bonchev–Trinajstić information content (AvgIpc) is 3.83. The van der Waals surface area contributed by atoms with Gasteiger partial charge in [-0.05, 0) is 122 Å². The van der Waals surface area contributed by atoms with Crippen molar-refractivity contribution in [1.82, 2.24) is 4.98 Å². The first-order chi connectivity index (χ1) is 28.4. The van der Waals surface area contributed by atoms with E-state index in [4.69, 9.17) is 28.3 Å². The third-order valence-corrected chi connectivity index (χ3v) is 10.6. The molecule has 0 spiro atoms. The van der Waals surface area contributed by atoms with E-state index in [1.54, 1.807) is 0 Å². The van der Waals surface area contributed by atoms with Crippen LogP contribution in [0.4, 0.5) is 0 Å². The van der Waals surface area contributed by atoms with Gasteiger partial charge in [-0.15, -0.1) is 0 Å². The molecule has 0 N–H and O–H groups in total. The molecule has 1 aliphatic rings. The zero-order valence-electron chi connectivity index (χ0n) is 31.5. The Balaban J connectivity index is 1.20. The number of para-hydroxylation sites is 2. The first-order valence-electron chi connectivity index (χ1n) is 19.0. The van der Waals surface area contributed by atoms with Crippen molar-refractivity contribution in [3.63, 3.8) is 0 Å². The molecule has 9 rings (SSSR count). The molecule has 0 saturated heterocycles. The zero-order valence-corrected chi connectivity index (χ0v) is 31.5. The van der Waals surface area contributed by atoms with Gasteiger partial charge in [0, 0.05) is 17.7 Å². The van der Waals surface area contributed by atoms with Crippen LogP contribution in [0, 0.1) is 0 Å². The van der Waals surface area contributed by atoms with Crippen molar-refractivity contribution < 1.29 is 33.0 Å². The highest BCUT2D eigenvalue weighted by Gasteiger charge is 2.47. The standard InChI is InChI=1S/C50H37NO7/c1-3-47(52)56-25-23-54-39-20-16-35-27-38(19-15-36(35)28-39)50(37-17-13-32(14-18-37)49-51-45-11-7-8-12-46(45)58-49)43-30-34-10-6-5-9-33(34)29-42(43)41-22-21-40(31-44(41)50)55-24-26-57-48(53)4-2/h3-22,27-31H,1-2,23-26H2. The Bertz CT molecular complexity index is 2860. The molecule has 1 atom stereocenters. The summed E-state index contributed by atoms with van der Waals surface area (Å²) in [6.45, 7) is 7.52. The molecule has 0 bridgehead atoms. The van der Waals surface area contributed by atoms with Crippen LogP contribution in [0.25, 0.3) is 55.2 Å². The number of aromatic nitrogens is 1. The van der Waals surface area contributed by atoms with Gasteiger partial charge in [-0.3, -0.25) is 0 Å². The molecule has 1 unspecified atom stereocenters. The summed E-state index contributed by atoms with van der Waals surface area (Å²) in [6, 6.07) is 48.0. The van der Waals surface area contributed by atoms with Gasteiger partial charge in [-0.1, -0.05) is 86.0 Å². The predicted molar refractivity (Wildman–Crippen MR) is 225 cm³/mol. The first kappa shape index (κ1) is 36.2. The minimum Gasteiger partial charge on any atom is -0.490 e. The Morgan fingerprint density at radius 2 is 1.16 bits per heavy atom. The molecule has 7 aromatic carbocycles. The minimum atomic E-state index is -0.790. The number of carbonyl (C=O) groups is 2. The summed E-state index contributed by atoms with van der Waals surface area (Å²) in [5.74, 6) is 0.891. The quantitative estimate of drug-likeness (QED) is 0.0651. The SMILES string of the molecule is C=CC(=O)OCCOc1ccc2c(c1)C(c1ccc(-c3nc4ccccc4o3)cc1)(c1ccc3cc(OCCOC(=O)C=C)ccc3c1)c1cc3ccccc3cc1-2. The number of fused-ring (bicyclic) bond motifs is 6. The molecule has 8 aromatic rings. The van der Waals surface area contributed by atoms with Gasteiger partial charge in [-0.2, -0.15) is 0 Å². The van der Waals surface area contributed by atoms with Crippen LogP contribution in [0.3, 0.4) is 0 Å². The second-order valence-electron chi connectivity index (χ2n) is 13.9. The van der Waals surface area contributed by atoms with Gasteiger partial charge in [0.15, 0.2) is 5.58 Å². The number of esters is 2. The molecule has 1 aromatic heterocycles. The molecule has 0 aliphatic heterocycles. The molecule has 0 radical (unpaired) electrons. The molecule has 1 aliphatic carbocycles. The lowest BCUT2D eigenvalue weighted by Crippen LogP contribution is -2.28. The minimum absolute atomic E-state index is 0.0896. The summed E-state index contributed by atoms with van der Waals surface area (Å²) in [4.78, 5) is 28.0. The molecule has 1 heterocycles. The summed E-state index contributed by atoms with van der Waals surface area (Å²) in [6.07, 6.45) is 2.27. The molecule has 8 nitrogen and oxygen atoms in total. The summed E-state index contributed by atoms with van der Waals surface area (Å²) in [5, 5.41) is 4.29. The predicted octanol–water partition coefficient (Wildman–Crippen LogP) is 10.4. The Morgan fingerprint density at radius 1 is 0.569 bits per heavy atom. The van der Waals surface area contributed by atoms with Crippen molar-refractivity contribution in [2.24, 2.45) is 0 Å². The van der Waals surface area contributed by atoms with E-state index >= 15 is 0 Å². The lowest BCUT2D eigenvalue weighted by molar-refractivity contribution is -0.139. The van der Waals surface area contributed by atoms with Gasteiger partial charge in [0.25, 0.3) is 0 Å². The van der Waals surface area contributed by atoms with Crippen molar-refractivity contribution in [3.05, 3.63) is 187 Å². The summed E-state index contributed by atoms with van der Waals surface area (Å²) >= 11 is 0. The van der Waals surface area contributed by atoms with E-state index in [0.29, 0.717) is 17.4 Å². The molecule has 284 valence electrons. The van der Waals surface area contributed by atoms with Crippen LogP contribution in [-0.2, 0) is 24.5 Å². The van der Waals surface area contributed by atoms with Crippen molar-refractivity contribution >= 4 is 44.6 Å². The van der Waals surface area contributed by atoms with E-state index in [9.17, 15) is 9.59 Å². The van der Waals surface area contributed by atoms with Gasteiger partial charge in [-0.25, -0.2) is 14.6 Å². The van der Waals surface area contributed by atoms with Crippen LogP contribution in [0.15, 0.2) is 169 Å². The van der Waals surface area contributed by atoms with Crippen molar-refractivity contribution in [1.29, 1.82) is 0 Å². The van der Waals surface area contributed by atoms with Gasteiger partial charge in [0.2, 0.25) is 5.89 Å². The highest BCUT2D eigenvalue weighted by Crippen LogP contribution is 2.58. The van der Waals surface area contributed by atoms with E-state index in [1.165, 1.54) is 0 Å². The van der Waals surface area contributed by atoms with Gasteiger partial charge < -0.3 is 23.4 Å². The number of ether oxygens (including phenoxy) is 4. The lowest BCUT2D eigenvalue weighted by atomic mass is 9.67. The zero-order chi connectivity index (χ0) is 39.6. The second-order valence-corrected chi connectivity index (χ2v) is 13.9. The van der Waals surface area contributed by atoms with Crippen LogP contribution in [0.5, 0.6) is 11.5 Å². The van der Waals surface area contributed by atoms with Crippen LogP contribution in [0.2, 0.25) is 0 Å². The van der Waals surface area contributed by atoms with Crippen LogP contribution < -0.4 is 9.47 Å². The lowest BCUT2D eigenvalue weighted by Gasteiger charge is -2.34. The van der Waals surface area contributed by atoms with E-state index < -0.39 is 17.4 Å². The third kappa shape index (κ3) is 6.54. The Labute approximate surface area is 334 Å². The number of benzene rings is 7. The van der Waals surface area contributed by atoms with E-state index in [0.717, 1.165) is 83.7 Å². The molecular weight excluding hydrogens is 727 g/mol. The van der Waals surface area contributed by atoms with Crippen molar-refractivity contribution in [3.8, 4) is 34.1 Å². The van der Waals surface area contributed by atoms with Crippen LogP contribution >= 0.6 is 0 Å². The van der Waals surface area contributed by atoms with Gasteiger partial charge in [0.1, 0.15) is 43.4 Å². The average molecular weight is 764 g/mol. The maximum absolute atomic E-state index is 11.7. The summed E-state index contributed by atoms with van der Waals surface area (Å²) in [5.41, 5.74) is 8.14. The Morgan fingerprint density at radius 3 is 1.88 bits per heavy atom. The Kier molecular flexibility index (Phi) is 9.51. The van der Waals surface area contributed by atoms with Crippen molar-refractivity contribution in [2.75, 3.05) is 26.4 Å². The highest BCUT2D eigenvalue weighted by molar-refractivity contribution is 5.97. The topological polar surface area (TPSA) is 97.1 Å². The summed E-state index contributed by atoms with van der Waals surface area (Å²) in [7, 11) is 0. The van der Waals surface area contributed by atoms with Gasteiger partial charge >= 0.3 is 11.9 Å².